The first-order valence-electron chi connectivity index (χ1n) is 4.29. The molecule has 0 bridgehead atoms. The maximum Gasteiger partial charge on any atom is 0.153 e. The summed E-state index contributed by atoms with van der Waals surface area (Å²) in [5.41, 5.74) is 4.21. The van der Waals surface area contributed by atoms with Crippen LogP contribution in [0.25, 0.3) is 0 Å². The summed E-state index contributed by atoms with van der Waals surface area (Å²) in [6.45, 7) is 2.32. The van der Waals surface area contributed by atoms with Gasteiger partial charge in [-0.2, -0.15) is 10.4 Å². The van der Waals surface area contributed by atoms with Gasteiger partial charge in [0, 0.05) is 13.0 Å². The summed E-state index contributed by atoms with van der Waals surface area (Å²) in [4.78, 5) is 0. The van der Waals surface area contributed by atoms with Crippen molar-refractivity contribution < 1.29 is 4.74 Å². The van der Waals surface area contributed by atoms with Gasteiger partial charge in [0.2, 0.25) is 0 Å². The van der Waals surface area contributed by atoms with E-state index in [9.17, 15) is 0 Å². The summed E-state index contributed by atoms with van der Waals surface area (Å²) in [5.74, 6) is 0.101. The van der Waals surface area contributed by atoms with E-state index in [0.29, 0.717) is 12.2 Å². The zero-order chi connectivity index (χ0) is 10.6. The minimum absolute atomic E-state index is 0.101. The normalized spacial score (nSPS) is 30.4. The Bertz CT molecular complexity index is 306. The van der Waals surface area contributed by atoms with E-state index in [-0.39, 0.29) is 10.9 Å². The van der Waals surface area contributed by atoms with Gasteiger partial charge >= 0.3 is 0 Å². The predicted octanol–water partition coefficient (Wildman–Crippen LogP) is 1.40. The van der Waals surface area contributed by atoms with Gasteiger partial charge in [-0.25, -0.2) is 0 Å². The van der Waals surface area contributed by atoms with Gasteiger partial charge in [0.05, 0.1) is 24.0 Å². The Morgan fingerprint density at radius 2 is 2.50 bits per heavy atom. The highest BCUT2D eigenvalue weighted by atomic mass is 79.9. The van der Waals surface area contributed by atoms with Crippen LogP contribution in [0.1, 0.15) is 6.92 Å². The zero-order valence-electron chi connectivity index (χ0n) is 8.12. The lowest BCUT2D eigenvalue weighted by molar-refractivity contribution is 0.181. The second-order valence-electron chi connectivity index (χ2n) is 2.98. The van der Waals surface area contributed by atoms with Gasteiger partial charge < -0.3 is 10.2 Å². The standard InChI is InChI=1S/C9H12BrN3O/c1-6-3-7(4-11)5-14-9(10)8(6)13-12-2/h3,6,9,12H,5H2,1-2H3/b13-8-/t6-,9?/m0/s1. The highest BCUT2D eigenvalue weighted by molar-refractivity contribution is 9.09. The molecular weight excluding hydrogens is 246 g/mol. The summed E-state index contributed by atoms with van der Waals surface area (Å²) in [7, 11) is 1.74. The van der Waals surface area contributed by atoms with Crippen molar-refractivity contribution in [2.45, 2.75) is 11.9 Å². The lowest BCUT2D eigenvalue weighted by Gasteiger charge is -2.13. The number of hydrogen-bond acceptors (Lipinski definition) is 4. The number of nitrogens with one attached hydrogen (secondary N) is 1. The molecule has 1 unspecified atom stereocenters. The molecule has 0 aromatic carbocycles. The highest BCUT2D eigenvalue weighted by Crippen LogP contribution is 2.19. The van der Waals surface area contributed by atoms with E-state index in [0.717, 1.165) is 5.71 Å². The molecule has 1 aliphatic heterocycles. The first-order valence-corrected chi connectivity index (χ1v) is 5.21. The molecule has 2 atom stereocenters. The van der Waals surface area contributed by atoms with Crippen molar-refractivity contribution >= 4 is 21.6 Å². The fourth-order valence-electron chi connectivity index (χ4n) is 1.24. The predicted molar refractivity (Wildman–Crippen MR) is 58.0 cm³/mol. The van der Waals surface area contributed by atoms with Crippen LogP contribution in [0.5, 0.6) is 0 Å². The van der Waals surface area contributed by atoms with Crippen LogP contribution in [-0.2, 0) is 4.74 Å². The topological polar surface area (TPSA) is 57.4 Å². The van der Waals surface area contributed by atoms with E-state index in [4.69, 9.17) is 10.00 Å². The quantitative estimate of drug-likeness (QED) is 0.571. The van der Waals surface area contributed by atoms with E-state index < -0.39 is 0 Å². The lowest BCUT2D eigenvalue weighted by atomic mass is 10.0. The number of halogens is 1. The molecule has 1 heterocycles. The molecule has 0 radical (unpaired) electrons. The molecule has 0 aliphatic carbocycles. The third-order valence-corrected chi connectivity index (χ3v) is 2.65. The van der Waals surface area contributed by atoms with Crippen LogP contribution < -0.4 is 5.43 Å². The molecule has 0 fully saturated rings. The van der Waals surface area contributed by atoms with Crippen molar-refractivity contribution in [1.82, 2.24) is 5.43 Å². The molecule has 1 N–H and O–H groups in total. The Hall–Kier alpha value is -0.860. The zero-order valence-corrected chi connectivity index (χ0v) is 9.71. The maximum atomic E-state index is 8.77. The second kappa shape index (κ2) is 5.13. The van der Waals surface area contributed by atoms with E-state index in [1.807, 2.05) is 13.0 Å². The summed E-state index contributed by atoms with van der Waals surface area (Å²) in [6, 6.07) is 2.10. The molecule has 0 saturated heterocycles. The van der Waals surface area contributed by atoms with Crippen molar-refractivity contribution in [2.75, 3.05) is 13.7 Å². The van der Waals surface area contributed by atoms with Crippen LogP contribution in [0, 0.1) is 17.2 Å². The van der Waals surface area contributed by atoms with Crippen molar-refractivity contribution in [3.05, 3.63) is 11.6 Å². The third-order valence-electron chi connectivity index (χ3n) is 1.92. The van der Waals surface area contributed by atoms with Gasteiger partial charge in [-0.3, -0.25) is 0 Å². The molecule has 1 aliphatic rings. The average Bonchev–Trinajstić information content (AvgIpc) is 2.31. The fourth-order valence-corrected chi connectivity index (χ4v) is 1.89. The molecule has 4 nitrogen and oxygen atoms in total. The molecule has 0 amide bonds. The molecule has 5 heteroatoms. The van der Waals surface area contributed by atoms with Crippen molar-refractivity contribution in [1.29, 1.82) is 5.26 Å². The van der Waals surface area contributed by atoms with Crippen molar-refractivity contribution in [3.63, 3.8) is 0 Å². The van der Waals surface area contributed by atoms with Crippen LogP contribution in [-0.4, -0.2) is 24.4 Å². The van der Waals surface area contributed by atoms with Crippen LogP contribution in [0.4, 0.5) is 0 Å². The minimum Gasteiger partial charge on any atom is -0.355 e. The van der Waals surface area contributed by atoms with E-state index in [1.54, 1.807) is 7.05 Å². The van der Waals surface area contributed by atoms with Gasteiger partial charge in [-0.15, -0.1) is 0 Å². The molecule has 76 valence electrons. The molecule has 0 aromatic rings. The second-order valence-corrected chi connectivity index (χ2v) is 3.81. The summed E-state index contributed by atoms with van der Waals surface area (Å²) in [6.07, 6.45) is 1.87. The number of hydrogen-bond donors (Lipinski definition) is 1. The maximum absolute atomic E-state index is 8.77. The van der Waals surface area contributed by atoms with Gasteiger partial charge in [-0.05, 0) is 0 Å². The fraction of sp³-hybridized carbons (Fsp3) is 0.556. The molecule has 0 aromatic heterocycles. The smallest absolute Gasteiger partial charge is 0.153 e. The molecule has 14 heavy (non-hydrogen) atoms. The SMILES string of the molecule is CN/N=C1\C(Br)OCC(C#N)=C[C@@H]1C. The molecular formula is C9H12BrN3O. The number of allylic oxidation sites excluding steroid dienone is 1. The van der Waals surface area contributed by atoms with Crippen molar-refractivity contribution in [3.8, 4) is 6.07 Å². The van der Waals surface area contributed by atoms with E-state index in [2.05, 4.69) is 32.5 Å². The first kappa shape index (κ1) is 11.2. The van der Waals surface area contributed by atoms with Crippen LogP contribution in [0.2, 0.25) is 0 Å². The highest BCUT2D eigenvalue weighted by Gasteiger charge is 2.22. The Balaban J connectivity index is 2.92. The average molecular weight is 258 g/mol. The largest absolute Gasteiger partial charge is 0.355 e. The Kier molecular flexibility index (Phi) is 4.11. The summed E-state index contributed by atoms with van der Waals surface area (Å²) < 4.78 is 5.40. The van der Waals surface area contributed by atoms with E-state index in [1.165, 1.54) is 0 Å². The van der Waals surface area contributed by atoms with Crippen LogP contribution in [0.3, 0.4) is 0 Å². The lowest BCUT2D eigenvalue weighted by Crippen LogP contribution is -2.24. The van der Waals surface area contributed by atoms with Crippen LogP contribution >= 0.6 is 15.9 Å². The minimum atomic E-state index is -0.230. The molecule has 0 spiro atoms. The Morgan fingerprint density at radius 3 is 3.07 bits per heavy atom. The number of rotatable bonds is 1. The summed E-state index contributed by atoms with van der Waals surface area (Å²) >= 11 is 3.37. The number of nitrogens with zero attached hydrogens (tertiary/aromatic N) is 2. The van der Waals surface area contributed by atoms with Crippen LogP contribution in [0.15, 0.2) is 16.8 Å². The van der Waals surface area contributed by atoms with Gasteiger partial charge in [0.15, 0.2) is 5.01 Å². The van der Waals surface area contributed by atoms with Gasteiger partial charge in [-0.1, -0.05) is 28.9 Å². The summed E-state index contributed by atoms with van der Waals surface area (Å²) in [5, 5.41) is 12.7. The van der Waals surface area contributed by atoms with Crippen molar-refractivity contribution in [2.24, 2.45) is 11.0 Å². The number of alkyl halides is 1. The number of ether oxygens (including phenoxy) is 1. The molecule has 0 saturated carbocycles. The number of nitriles is 1. The van der Waals surface area contributed by atoms with Gasteiger partial charge in [0.25, 0.3) is 0 Å². The number of hydrazone groups is 1. The Morgan fingerprint density at radius 1 is 1.79 bits per heavy atom. The van der Waals surface area contributed by atoms with E-state index >= 15 is 0 Å². The monoisotopic (exact) mass is 257 g/mol. The first-order chi connectivity index (χ1) is 6.69. The molecule has 1 rings (SSSR count). The Labute approximate surface area is 91.8 Å². The third kappa shape index (κ3) is 2.56. The van der Waals surface area contributed by atoms with Gasteiger partial charge in [0.1, 0.15) is 0 Å².